The Morgan fingerprint density at radius 1 is 1.75 bits per heavy atom. The van der Waals surface area contributed by atoms with E-state index in [2.05, 4.69) is 20.9 Å². The maximum absolute atomic E-state index is 12.7. The number of anilines is 1. The second kappa shape index (κ2) is 3.44. The first-order valence-corrected chi connectivity index (χ1v) is 3.61. The standard InChI is InChI=1S/C5H3BrFN3O2/c6-3-2-8-5(1-4(3)7)9-10(11)12/h1-2H,(H,8,9). The first-order chi connectivity index (χ1) is 5.59. The van der Waals surface area contributed by atoms with Crippen molar-refractivity contribution in [2.24, 2.45) is 0 Å². The zero-order valence-corrected chi connectivity index (χ0v) is 7.21. The molecule has 1 heterocycles. The van der Waals surface area contributed by atoms with Crippen molar-refractivity contribution in [3.05, 3.63) is 32.7 Å². The van der Waals surface area contributed by atoms with Crippen LogP contribution < -0.4 is 5.43 Å². The van der Waals surface area contributed by atoms with Crippen molar-refractivity contribution in [3.8, 4) is 0 Å². The Morgan fingerprint density at radius 2 is 2.42 bits per heavy atom. The van der Waals surface area contributed by atoms with E-state index in [1.54, 1.807) is 5.43 Å². The average molecular weight is 236 g/mol. The van der Waals surface area contributed by atoms with Gasteiger partial charge in [-0.2, -0.15) is 0 Å². The molecule has 64 valence electrons. The molecule has 1 aromatic rings. The number of rotatable bonds is 2. The number of hydrogen-bond acceptors (Lipinski definition) is 3. The molecule has 1 aromatic heterocycles. The van der Waals surface area contributed by atoms with Gasteiger partial charge in [-0.25, -0.2) is 19.5 Å². The lowest BCUT2D eigenvalue weighted by molar-refractivity contribution is -0.445. The molecule has 0 spiro atoms. The molecule has 0 aliphatic carbocycles. The molecule has 12 heavy (non-hydrogen) atoms. The first kappa shape index (κ1) is 8.85. The molecule has 1 N–H and O–H groups in total. The van der Waals surface area contributed by atoms with Crippen molar-refractivity contribution < 1.29 is 9.42 Å². The van der Waals surface area contributed by atoms with Gasteiger partial charge in [-0.1, -0.05) is 5.43 Å². The van der Waals surface area contributed by atoms with Crippen molar-refractivity contribution in [3.63, 3.8) is 0 Å². The molecule has 5 nitrogen and oxygen atoms in total. The highest BCUT2D eigenvalue weighted by molar-refractivity contribution is 9.10. The summed E-state index contributed by atoms with van der Waals surface area (Å²) in [5.74, 6) is -0.741. The third-order valence-corrected chi connectivity index (χ3v) is 1.60. The van der Waals surface area contributed by atoms with Crippen LogP contribution in [-0.4, -0.2) is 10.0 Å². The maximum Gasteiger partial charge on any atom is 0.193 e. The van der Waals surface area contributed by atoms with E-state index in [-0.39, 0.29) is 10.3 Å². The van der Waals surface area contributed by atoms with Gasteiger partial charge in [0.2, 0.25) is 0 Å². The van der Waals surface area contributed by atoms with Crippen LogP contribution >= 0.6 is 15.9 Å². The number of hydrogen-bond donors (Lipinski definition) is 1. The van der Waals surface area contributed by atoms with Gasteiger partial charge in [-0.05, 0) is 15.9 Å². The molecule has 0 saturated heterocycles. The molecule has 0 fully saturated rings. The van der Waals surface area contributed by atoms with Crippen LogP contribution in [0.4, 0.5) is 10.2 Å². The maximum atomic E-state index is 12.7. The van der Waals surface area contributed by atoms with Crippen molar-refractivity contribution in [2.45, 2.75) is 0 Å². The molecule has 0 unspecified atom stereocenters. The Bertz CT molecular complexity index is 320. The van der Waals surface area contributed by atoms with Gasteiger partial charge in [-0.15, -0.1) is 0 Å². The Hall–Kier alpha value is -1.24. The molecule has 0 saturated carbocycles. The molecule has 0 amide bonds. The second-order valence-corrected chi connectivity index (χ2v) is 2.71. The Balaban J connectivity index is 2.89. The van der Waals surface area contributed by atoms with Gasteiger partial charge >= 0.3 is 0 Å². The van der Waals surface area contributed by atoms with Crippen LogP contribution in [0, 0.1) is 15.9 Å². The number of pyridine rings is 1. The smallest absolute Gasteiger partial charge is 0.193 e. The summed E-state index contributed by atoms with van der Waals surface area (Å²) < 4.78 is 12.8. The lowest BCUT2D eigenvalue weighted by Gasteiger charge is -1.96. The van der Waals surface area contributed by atoms with E-state index < -0.39 is 10.8 Å². The number of nitrogens with one attached hydrogen (secondary N) is 1. The van der Waals surface area contributed by atoms with Gasteiger partial charge in [0.1, 0.15) is 5.82 Å². The second-order valence-electron chi connectivity index (χ2n) is 1.85. The van der Waals surface area contributed by atoms with Crippen LogP contribution in [0.3, 0.4) is 0 Å². The highest BCUT2D eigenvalue weighted by Crippen LogP contribution is 2.15. The lowest BCUT2D eigenvalue weighted by Crippen LogP contribution is -2.09. The topological polar surface area (TPSA) is 68.1 Å². The van der Waals surface area contributed by atoms with Crippen LogP contribution in [0.1, 0.15) is 0 Å². The summed E-state index contributed by atoms with van der Waals surface area (Å²) in [4.78, 5) is 13.4. The Morgan fingerprint density at radius 3 is 2.92 bits per heavy atom. The lowest BCUT2D eigenvalue weighted by atomic mass is 10.4. The van der Waals surface area contributed by atoms with Crippen LogP contribution in [0.15, 0.2) is 16.7 Å². The third-order valence-electron chi connectivity index (χ3n) is 1.01. The fraction of sp³-hybridized carbons (Fsp3) is 0. The minimum absolute atomic E-state index is 0.138. The third kappa shape index (κ3) is 2.12. The molecule has 0 aromatic carbocycles. The summed E-state index contributed by atoms with van der Waals surface area (Å²) in [5, 5.41) is 9.08. The molecular formula is C5H3BrFN3O2. The number of nitrogens with zero attached hydrogens (tertiary/aromatic N) is 2. The first-order valence-electron chi connectivity index (χ1n) is 2.81. The molecule has 1 rings (SSSR count). The van der Waals surface area contributed by atoms with Crippen molar-refractivity contribution in [1.82, 2.24) is 4.98 Å². The van der Waals surface area contributed by atoms with Crippen LogP contribution in [-0.2, 0) is 0 Å². The van der Waals surface area contributed by atoms with E-state index in [0.717, 1.165) is 12.3 Å². The molecule has 0 atom stereocenters. The number of hydrazine groups is 1. The van der Waals surface area contributed by atoms with Crippen molar-refractivity contribution >= 4 is 21.7 Å². The van der Waals surface area contributed by atoms with Gasteiger partial charge < -0.3 is 0 Å². The highest BCUT2D eigenvalue weighted by atomic mass is 79.9. The summed E-state index contributed by atoms with van der Waals surface area (Å²) in [7, 11) is 0. The SMILES string of the molecule is O=[N+]([O-])Nc1cc(F)c(Br)cn1. The minimum Gasteiger partial charge on any atom is -0.234 e. The minimum atomic E-state index is -0.810. The quantitative estimate of drug-likeness (QED) is 0.625. The summed E-state index contributed by atoms with van der Waals surface area (Å²) in [6.45, 7) is 0. The number of aromatic nitrogens is 1. The summed E-state index contributed by atoms with van der Waals surface area (Å²) >= 11 is 2.86. The van der Waals surface area contributed by atoms with Crippen molar-refractivity contribution in [2.75, 3.05) is 5.43 Å². The van der Waals surface area contributed by atoms with E-state index in [9.17, 15) is 14.5 Å². The molecular weight excluding hydrogens is 233 g/mol. The van der Waals surface area contributed by atoms with Gasteiger partial charge in [0.15, 0.2) is 10.9 Å². The van der Waals surface area contributed by atoms with Gasteiger partial charge in [0, 0.05) is 12.3 Å². The van der Waals surface area contributed by atoms with E-state index in [0.29, 0.717) is 0 Å². The van der Waals surface area contributed by atoms with Gasteiger partial charge in [0.05, 0.1) is 4.47 Å². The molecule has 0 aliphatic rings. The number of nitro groups is 1. The van der Waals surface area contributed by atoms with Gasteiger partial charge in [0.25, 0.3) is 0 Å². The molecule has 0 bridgehead atoms. The average Bonchev–Trinajstić information content (AvgIpc) is 1.96. The van der Waals surface area contributed by atoms with Gasteiger partial charge in [-0.3, -0.25) is 0 Å². The summed E-state index contributed by atoms with van der Waals surface area (Å²) in [6.07, 6.45) is 1.14. The largest absolute Gasteiger partial charge is 0.234 e. The zero-order valence-electron chi connectivity index (χ0n) is 5.62. The van der Waals surface area contributed by atoms with E-state index in [4.69, 9.17) is 0 Å². The van der Waals surface area contributed by atoms with Crippen molar-refractivity contribution in [1.29, 1.82) is 0 Å². The summed E-state index contributed by atoms with van der Waals surface area (Å²) in [6, 6.07) is 0.923. The van der Waals surface area contributed by atoms with E-state index >= 15 is 0 Å². The fourth-order valence-corrected chi connectivity index (χ4v) is 0.786. The van der Waals surface area contributed by atoms with Crippen LogP contribution in [0.2, 0.25) is 0 Å². The predicted octanol–water partition coefficient (Wildman–Crippen LogP) is 1.59. The van der Waals surface area contributed by atoms with Crippen LogP contribution in [0.5, 0.6) is 0 Å². The van der Waals surface area contributed by atoms with Crippen LogP contribution in [0.25, 0.3) is 0 Å². The Kier molecular flexibility index (Phi) is 2.54. The molecule has 0 aliphatic heterocycles. The monoisotopic (exact) mass is 235 g/mol. The zero-order chi connectivity index (χ0) is 9.14. The number of halogens is 2. The fourth-order valence-electron chi connectivity index (χ4n) is 0.569. The summed E-state index contributed by atoms with van der Waals surface area (Å²) in [5.41, 5.74) is 1.72. The van der Waals surface area contributed by atoms with E-state index in [1.165, 1.54) is 0 Å². The Labute approximate surface area is 74.9 Å². The predicted molar refractivity (Wildman–Crippen MR) is 42.5 cm³/mol. The normalized spacial score (nSPS) is 9.50. The molecule has 7 heteroatoms. The highest BCUT2D eigenvalue weighted by Gasteiger charge is 2.04. The van der Waals surface area contributed by atoms with E-state index in [1.807, 2.05) is 0 Å². The molecule has 0 radical (unpaired) electrons.